The fraction of sp³-hybridized carbons (Fsp3) is 0.500. The second-order valence-electron chi connectivity index (χ2n) is 4.14. The van der Waals surface area contributed by atoms with Gasteiger partial charge in [-0.15, -0.1) is 0 Å². The predicted octanol–water partition coefficient (Wildman–Crippen LogP) is 2.06. The zero-order chi connectivity index (χ0) is 9.26. The maximum absolute atomic E-state index is 5.77. The molecule has 0 spiro atoms. The van der Waals surface area contributed by atoms with Crippen molar-refractivity contribution < 1.29 is 0 Å². The van der Waals surface area contributed by atoms with Crippen LogP contribution in [0.15, 0.2) is 18.2 Å². The minimum Gasteiger partial charge on any atom is -0.328 e. The lowest BCUT2D eigenvalue weighted by Crippen LogP contribution is -2.17. The zero-order valence-corrected chi connectivity index (χ0v) is 8.22. The fourth-order valence-corrected chi connectivity index (χ4v) is 2.12. The minimum absolute atomic E-state index is 0.277. The van der Waals surface area contributed by atoms with Gasteiger partial charge in [0.2, 0.25) is 0 Å². The molecule has 1 aliphatic carbocycles. The van der Waals surface area contributed by atoms with E-state index < -0.39 is 0 Å². The second-order valence-corrected chi connectivity index (χ2v) is 4.14. The lowest BCUT2D eigenvalue weighted by Gasteiger charge is -2.07. The molecule has 1 aliphatic rings. The number of hydrogen-bond acceptors (Lipinski definition) is 1. The second kappa shape index (κ2) is 3.51. The summed E-state index contributed by atoms with van der Waals surface area (Å²) in [6, 6.07) is 7.12. The third kappa shape index (κ3) is 1.92. The van der Waals surface area contributed by atoms with Gasteiger partial charge in [-0.1, -0.05) is 18.2 Å². The van der Waals surface area contributed by atoms with E-state index >= 15 is 0 Å². The Balaban J connectivity index is 2.21. The molecule has 0 radical (unpaired) electrons. The summed E-state index contributed by atoms with van der Waals surface area (Å²) in [6.45, 7) is 2.06. The molecule has 1 atom stereocenters. The summed E-state index contributed by atoms with van der Waals surface area (Å²) < 4.78 is 0. The van der Waals surface area contributed by atoms with Crippen molar-refractivity contribution in [1.29, 1.82) is 0 Å². The van der Waals surface area contributed by atoms with Crippen LogP contribution in [-0.2, 0) is 19.3 Å². The van der Waals surface area contributed by atoms with Gasteiger partial charge in [-0.25, -0.2) is 0 Å². The molecule has 0 unspecified atom stereocenters. The van der Waals surface area contributed by atoms with Crippen LogP contribution >= 0.6 is 0 Å². The molecule has 2 N–H and O–H groups in total. The highest BCUT2D eigenvalue weighted by Crippen LogP contribution is 2.23. The molecule has 0 aliphatic heterocycles. The minimum atomic E-state index is 0.277. The van der Waals surface area contributed by atoms with E-state index in [1.807, 2.05) is 0 Å². The quantitative estimate of drug-likeness (QED) is 0.731. The number of hydrogen-bond donors (Lipinski definition) is 1. The first-order valence-corrected chi connectivity index (χ1v) is 5.12. The Kier molecular flexibility index (Phi) is 2.36. The van der Waals surface area contributed by atoms with Gasteiger partial charge < -0.3 is 5.73 Å². The maximum Gasteiger partial charge on any atom is 0.00509 e. The van der Waals surface area contributed by atoms with Crippen LogP contribution in [0.25, 0.3) is 0 Å². The summed E-state index contributed by atoms with van der Waals surface area (Å²) in [7, 11) is 0. The molecular weight excluding hydrogens is 158 g/mol. The van der Waals surface area contributed by atoms with Gasteiger partial charge in [-0.3, -0.25) is 0 Å². The van der Waals surface area contributed by atoms with Crippen LogP contribution in [-0.4, -0.2) is 6.04 Å². The van der Waals surface area contributed by atoms with Crippen LogP contribution in [0.4, 0.5) is 0 Å². The Morgan fingerprint density at radius 2 is 2.08 bits per heavy atom. The van der Waals surface area contributed by atoms with Crippen LogP contribution in [0.2, 0.25) is 0 Å². The average Bonchev–Trinajstić information content (AvgIpc) is 2.49. The Morgan fingerprint density at radius 3 is 2.85 bits per heavy atom. The molecule has 1 aromatic carbocycles. The van der Waals surface area contributed by atoms with Crippen molar-refractivity contribution in [1.82, 2.24) is 0 Å². The van der Waals surface area contributed by atoms with Crippen LogP contribution in [0.3, 0.4) is 0 Å². The maximum atomic E-state index is 5.77. The van der Waals surface area contributed by atoms with Gasteiger partial charge >= 0.3 is 0 Å². The molecule has 0 saturated carbocycles. The molecule has 70 valence electrons. The van der Waals surface area contributed by atoms with E-state index in [-0.39, 0.29) is 6.04 Å². The Hall–Kier alpha value is -0.820. The summed E-state index contributed by atoms with van der Waals surface area (Å²) in [5.74, 6) is 0. The van der Waals surface area contributed by atoms with Crippen molar-refractivity contribution in [3.63, 3.8) is 0 Å². The molecule has 0 amide bonds. The monoisotopic (exact) mass is 175 g/mol. The standard InChI is InChI=1S/C12H17N/c1-9(13)7-10-5-6-11-3-2-4-12(11)8-10/h5-6,8-9H,2-4,7,13H2,1H3/t9-/m1/s1. The van der Waals surface area contributed by atoms with E-state index in [0.29, 0.717) is 0 Å². The number of benzene rings is 1. The van der Waals surface area contributed by atoms with Gasteiger partial charge in [0.15, 0.2) is 0 Å². The van der Waals surface area contributed by atoms with Gasteiger partial charge in [0, 0.05) is 6.04 Å². The van der Waals surface area contributed by atoms with E-state index in [4.69, 9.17) is 5.73 Å². The summed E-state index contributed by atoms with van der Waals surface area (Å²) in [5, 5.41) is 0. The molecule has 1 nitrogen and oxygen atoms in total. The van der Waals surface area contributed by atoms with Gasteiger partial charge in [-0.2, -0.15) is 0 Å². The van der Waals surface area contributed by atoms with E-state index in [1.54, 1.807) is 11.1 Å². The van der Waals surface area contributed by atoms with Crippen molar-refractivity contribution in [3.05, 3.63) is 34.9 Å². The van der Waals surface area contributed by atoms with Gasteiger partial charge in [0.1, 0.15) is 0 Å². The first-order valence-electron chi connectivity index (χ1n) is 5.12. The topological polar surface area (TPSA) is 26.0 Å². The molecule has 0 saturated heterocycles. The summed E-state index contributed by atoms with van der Waals surface area (Å²) in [4.78, 5) is 0. The molecule has 2 rings (SSSR count). The van der Waals surface area contributed by atoms with Crippen molar-refractivity contribution in [2.45, 2.75) is 38.6 Å². The Labute approximate surface area is 80.0 Å². The van der Waals surface area contributed by atoms with Gasteiger partial charge in [0.05, 0.1) is 0 Å². The molecule has 1 aromatic rings. The van der Waals surface area contributed by atoms with Crippen LogP contribution in [0, 0.1) is 0 Å². The SMILES string of the molecule is C[C@@H](N)Cc1ccc2c(c1)CCC2. The van der Waals surface area contributed by atoms with E-state index in [1.165, 1.54) is 24.8 Å². The number of nitrogens with two attached hydrogens (primary N) is 1. The number of fused-ring (bicyclic) bond motifs is 1. The molecule has 1 heteroatoms. The highest BCUT2D eigenvalue weighted by Gasteiger charge is 2.10. The van der Waals surface area contributed by atoms with Crippen LogP contribution < -0.4 is 5.73 Å². The average molecular weight is 175 g/mol. The smallest absolute Gasteiger partial charge is 0.00509 e. The Morgan fingerprint density at radius 1 is 1.31 bits per heavy atom. The van der Waals surface area contributed by atoms with Crippen molar-refractivity contribution in [2.75, 3.05) is 0 Å². The third-order valence-electron chi connectivity index (χ3n) is 2.72. The highest BCUT2D eigenvalue weighted by molar-refractivity contribution is 5.35. The summed E-state index contributed by atoms with van der Waals surface area (Å²) >= 11 is 0. The van der Waals surface area contributed by atoms with Crippen molar-refractivity contribution in [3.8, 4) is 0 Å². The fourth-order valence-electron chi connectivity index (χ4n) is 2.12. The lowest BCUT2D eigenvalue weighted by molar-refractivity contribution is 0.737. The van der Waals surface area contributed by atoms with Crippen LogP contribution in [0.1, 0.15) is 30.0 Å². The van der Waals surface area contributed by atoms with Crippen molar-refractivity contribution >= 4 is 0 Å². The third-order valence-corrected chi connectivity index (χ3v) is 2.72. The summed E-state index contributed by atoms with van der Waals surface area (Å²) in [5.41, 5.74) is 10.3. The first kappa shape index (κ1) is 8.76. The van der Waals surface area contributed by atoms with E-state index in [2.05, 4.69) is 25.1 Å². The number of aryl methyl sites for hydroxylation is 2. The molecule has 0 bridgehead atoms. The molecule has 13 heavy (non-hydrogen) atoms. The largest absolute Gasteiger partial charge is 0.328 e. The number of rotatable bonds is 2. The van der Waals surface area contributed by atoms with Crippen molar-refractivity contribution in [2.24, 2.45) is 5.73 Å². The predicted molar refractivity (Wildman–Crippen MR) is 55.8 cm³/mol. The molecule has 0 heterocycles. The first-order chi connectivity index (χ1) is 6.25. The van der Waals surface area contributed by atoms with E-state index in [0.717, 1.165) is 6.42 Å². The van der Waals surface area contributed by atoms with Gasteiger partial charge in [-0.05, 0) is 49.3 Å². The molecular formula is C12H17N. The van der Waals surface area contributed by atoms with Crippen LogP contribution in [0.5, 0.6) is 0 Å². The normalized spacial score (nSPS) is 17.1. The Bertz CT molecular complexity index is 302. The highest BCUT2D eigenvalue weighted by atomic mass is 14.6. The lowest BCUT2D eigenvalue weighted by atomic mass is 10.0. The molecule has 0 aromatic heterocycles. The summed E-state index contributed by atoms with van der Waals surface area (Å²) in [6.07, 6.45) is 4.88. The van der Waals surface area contributed by atoms with E-state index in [9.17, 15) is 0 Å². The molecule has 0 fully saturated rings. The van der Waals surface area contributed by atoms with Gasteiger partial charge in [0.25, 0.3) is 0 Å². The zero-order valence-electron chi connectivity index (χ0n) is 8.22.